The summed E-state index contributed by atoms with van der Waals surface area (Å²) in [4.78, 5) is 39.9. The molecule has 3 atom stereocenters. The van der Waals surface area contributed by atoms with Crippen LogP contribution in [0, 0.1) is 0 Å². The van der Waals surface area contributed by atoms with Crippen molar-refractivity contribution in [3.05, 3.63) is 36.5 Å². The number of ether oxygens (including phenoxy) is 1. The number of amides is 1. The lowest BCUT2D eigenvalue weighted by atomic mass is 10.0. The van der Waals surface area contributed by atoms with E-state index in [-0.39, 0.29) is 31.5 Å². The van der Waals surface area contributed by atoms with Crippen LogP contribution in [0.1, 0.15) is 297 Å². The van der Waals surface area contributed by atoms with Crippen LogP contribution in [0.5, 0.6) is 0 Å². The number of nitrogens with zero attached hydrogens (tertiary/aromatic N) is 1. The summed E-state index contributed by atoms with van der Waals surface area (Å²) < 4.78 is 30.3. The van der Waals surface area contributed by atoms with E-state index < -0.39 is 20.0 Å². The molecule has 0 bridgehead atoms. The maximum atomic E-state index is 13.5. The van der Waals surface area contributed by atoms with Crippen molar-refractivity contribution in [2.45, 2.75) is 309 Å². The van der Waals surface area contributed by atoms with E-state index in [2.05, 4.69) is 50.4 Å². The second-order valence-corrected chi connectivity index (χ2v) is 23.6. The Morgan fingerprint density at radius 3 is 1.32 bits per heavy atom. The molecule has 0 aliphatic carbocycles. The summed E-state index contributed by atoms with van der Waals surface area (Å²) in [6.45, 7) is 6.77. The summed E-state index contributed by atoms with van der Waals surface area (Å²) in [6, 6.07) is -0.887. The first-order chi connectivity index (χ1) is 34.9. The van der Waals surface area contributed by atoms with E-state index in [0.29, 0.717) is 17.4 Å². The minimum absolute atomic E-state index is 0.0213. The van der Waals surface area contributed by atoms with Crippen LogP contribution in [0.25, 0.3) is 0 Å². The standard InChI is InChI=1S/C62H119N2O7P/c1-7-10-13-16-19-22-25-28-30-31-32-33-34-36-39-42-45-48-51-54-61(65)63-59(58-70-72(67,68)69-57-56-64(4,5)6)60(53-50-47-44-41-38-35-27-24-21-18-15-12-9-3)71-62(66)55-52-49-46-43-40-37-29-26-23-20-17-14-11-8-2/h11,14,20,23,50,53,59-60H,7-10,12-13,15-19,21-22,24-49,51-52,54-58H2,1-6H3,(H-,63,65,67,68)/b14-11+,23-20+,53-50+. The fraction of sp³-hybridized carbons (Fsp3) is 0.871. The van der Waals surface area contributed by atoms with Gasteiger partial charge in [-0.2, -0.15) is 0 Å². The Morgan fingerprint density at radius 2 is 0.889 bits per heavy atom. The number of hydrogen-bond acceptors (Lipinski definition) is 7. The quantitative estimate of drug-likeness (QED) is 0.0212. The van der Waals surface area contributed by atoms with Crippen LogP contribution in [0.15, 0.2) is 36.5 Å². The van der Waals surface area contributed by atoms with E-state index in [0.717, 1.165) is 83.5 Å². The van der Waals surface area contributed by atoms with Gasteiger partial charge in [-0.1, -0.05) is 263 Å². The van der Waals surface area contributed by atoms with Gasteiger partial charge in [0.05, 0.1) is 33.8 Å². The molecule has 72 heavy (non-hydrogen) atoms. The lowest BCUT2D eigenvalue weighted by Gasteiger charge is -2.30. The molecule has 424 valence electrons. The van der Waals surface area contributed by atoms with Gasteiger partial charge < -0.3 is 28.5 Å². The van der Waals surface area contributed by atoms with Crippen LogP contribution >= 0.6 is 7.82 Å². The zero-order chi connectivity index (χ0) is 52.9. The fourth-order valence-corrected chi connectivity index (χ4v) is 9.81. The molecule has 9 nitrogen and oxygen atoms in total. The maximum Gasteiger partial charge on any atom is 0.306 e. The van der Waals surface area contributed by atoms with Crippen LogP contribution in [0.3, 0.4) is 0 Å². The zero-order valence-electron chi connectivity index (χ0n) is 48.4. The van der Waals surface area contributed by atoms with Gasteiger partial charge in [-0.25, -0.2) is 0 Å². The van der Waals surface area contributed by atoms with Gasteiger partial charge in [0.2, 0.25) is 5.91 Å². The highest BCUT2D eigenvalue weighted by atomic mass is 31.2. The molecule has 0 aromatic heterocycles. The summed E-state index contributed by atoms with van der Waals surface area (Å²) in [5, 5.41) is 3.03. The topological polar surface area (TPSA) is 114 Å². The Hall–Kier alpha value is -1.77. The molecular weight excluding hydrogens is 916 g/mol. The Balaban J connectivity index is 5.25. The number of esters is 1. The molecule has 1 amide bonds. The summed E-state index contributed by atoms with van der Waals surface area (Å²) in [6.07, 6.45) is 62.5. The summed E-state index contributed by atoms with van der Waals surface area (Å²) in [5.74, 6) is -0.537. The molecule has 0 saturated heterocycles. The average molecular weight is 1040 g/mol. The number of carbonyl (C=O) groups is 2. The van der Waals surface area contributed by atoms with E-state index in [4.69, 9.17) is 13.8 Å². The zero-order valence-corrected chi connectivity index (χ0v) is 49.3. The van der Waals surface area contributed by atoms with E-state index in [1.165, 1.54) is 180 Å². The van der Waals surface area contributed by atoms with Crippen molar-refractivity contribution in [3.63, 3.8) is 0 Å². The second-order valence-electron chi connectivity index (χ2n) is 22.2. The van der Waals surface area contributed by atoms with Gasteiger partial charge in [-0.05, 0) is 57.4 Å². The van der Waals surface area contributed by atoms with Crippen molar-refractivity contribution in [1.29, 1.82) is 0 Å². The molecule has 10 heteroatoms. The number of phosphoric ester groups is 1. The molecule has 0 radical (unpaired) electrons. The Labute approximate surface area is 446 Å². The monoisotopic (exact) mass is 1030 g/mol. The van der Waals surface area contributed by atoms with Crippen molar-refractivity contribution in [1.82, 2.24) is 5.32 Å². The van der Waals surface area contributed by atoms with Crippen molar-refractivity contribution in [3.8, 4) is 0 Å². The molecule has 3 unspecified atom stereocenters. The molecular formula is C62H119N2O7P. The first kappa shape index (κ1) is 70.2. The van der Waals surface area contributed by atoms with E-state index in [9.17, 15) is 19.0 Å². The third-order valence-electron chi connectivity index (χ3n) is 13.8. The van der Waals surface area contributed by atoms with Gasteiger partial charge in [0.15, 0.2) is 0 Å². The molecule has 0 saturated carbocycles. The van der Waals surface area contributed by atoms with Crippen LogP contribution in [0.2, 0.25) is 0 Å². The third kappa shape index (κ3) is 53.1. The molecule has 0 aliphatic rings. The van der Waals surface area contributed by atoms with Gasteiger partial charge >= 0.3 is 5.97 Å². The SMILES string of the molecule is CC/C=C/C/C=C/CCCCCCCCCC(=O)OC(/C=C/CCCCCCCCCCCCC)C(COP(=O)([O-])OCC[N+](C)(C)C)NC(=O)CCCCCCCCCCCCCCCCCCCCC. The van der Waals surface area contributed by atoms with Crippen LogP contribution < -0.4 is 10.2 Å². The number of nitrogens with one attached hydrogen (secondary N) is 1. The van der Waals surface area contributed by atoms with Gasteiger partial charge in [-0.15, -0.1) is 0 Å². The summed E-state index contributed by atoms with van der Waals surface area (Å²) in [5.41, 5.74) is 0. The Morgan fingerprint density at radius 1 is 0.500 bits per heavy atom. The Bertz CT molecular complexity index is 1330. The van der Waals surface area contributed by atoms with Gasteiger partial charge in [-0.3, -0.25) is 14.2 Å². The lowest BCUT2D eigenvalue weighted by molar-refractivity contribution is -0.870. The number of carbonyl (C=O) groups excluding carboxylic acids is 2. The summed E-state index contributed by atoms with van der Waals surface area (Å²) in [7, 11) is 1.19. The smallest absolute Gasteiger partial charge is 0.306 e. The van der Waals surface area contributed by atoms with Crippen molar-refractivity contribution < 1.29 is 37.3 Å². The first-order valence-electron chi connectivity index (χ1n) is 30.8. The molecule has 0 heterocycles. The third-order valence-corrected chi connectivity index (χ3v) is 14.8. The maximum absolute atomic E-state index is 13.5. The van der Waals surface area contributed by atoms with Crippen molar-refractivity contribution in [2.24, 2.45) is 0 Å². The number of likely N-dealkylation sites (N-methyl/N-ethyl adjacent to an activating group) is 1. The lowest BCUT2D eigenvalue weighted by Crippen LogP contribution is -2.47. The predicted octanol–water partition coefficient (Wildman–Crippen LogP) is 18.1. The number of phosphoric acid groups is 1. The molecule has 0 rings (SSSR count). The van der Waals surface area contributed by atoms with Gasteiger partial charge in [0.25, 0.3) is 7.82 Å². The largest absolute Gasteiger partial charge is 0.756 e. The van der Waals surface area contributed by atoms with Crippen LogP contribution in [-0.4, -0.2) is 69.4 Å². The van der Waals surface area contributed by atoms with Crippen molar-refractivity contribution >= 4 is 19.7 Å². The minimum atomic E-state index is -4.69. The molecule has 1 N–H and O–H groups in total. The average Bonchev–Trinajstić information content (AvgIpc) is 3.34. The highest BCUT2D eigenvalue weighted by Gasteiger charge is 2.27. The van der Waals surface area contributed by atoms with Gasteiger partial charge in [0.1, 0.15) is 19.3 Å². The number of rotatable bonds is 56. The highest BCUT2D eigenvalue weighted by molar-refractivity contribution is 7.45. The number of quaternary nitrogens is 1. The number of allylic oxidation sites excluding steroid dienone is 5. The highest BCUT2D eigenvalue weighted by Crippen LogP contribution is 2.38. The molecule has 0 aromatic rings. The van der Waals surface area contributed by atoms with Gasteiger partial charge in [0, 0.05) is 12.8 Å². The fourth-order valence-electron chi connectivity index (χ4n) is 9.09. The molecule has 0 aromatic carbocycles. The van der Waals surface area contributed by atoms with E-state index in [1.807, 2.05) is 33.3 Å². The Kier molecular flexibility index (Phi) is 51.4. The minimum Gasteiger partial charge on any atom is -0.756 e. The molecule has 0 fully saturated rings. The molecule has 0 aliphatic heterocycles. The van der Waals surface area contributed by atoms with Crippen LogP contribution in [0.4, 0.5) is 0 Å². The second kappa shape index (κ2) is 52.7. The van der Waals surface area contributed by atoms with E-state index >= 15 is 0 Å². The number of hydrogen-bond donors (Lipinski definition) is 1. The normalized spacial score (nSPS) is 13.9. The van der Waals surface area contributed by atoms with Crippen molar-refractivity contribution in [2.75, 3.05) is 40.9 Å². The first-order valence-corrected chi connectivity index (χ1v) is 32.3. The van der Waals surface area contributed by atoms with Crippen LogP contribution in [-0.2, 0) is 27.9 Å². The predicted molar refractivity (Wildman–Crippen MR) is 307 cm³/mol. The summed E-state index contributed by atoms with van der Waals surface area (Å²) >= 11 is 0. The molecule has 0 spiro atoms. The van der Waals surface area contributed by atoms with E-state index in [1.54, 1.807) is 0 Å². The number of unbranched alkanes of at least 4 members (excludes halogenated alkanes) is 36.